The van der Waals surface area contributed by atoms with Crippen LogP contribution in [0.5, 0.6) is 0 Å². The molecule has 0 spiro atoms. The number of alkyl halides is 6. The van der Waals surface area contributed by atoms with Gasteiger partial charge < -0.3 is 24.5 Å². The Morgan fingerprint density at radius 2 is 0.857 bits per heavy atom. The third kappa shape index (κ3) is 33.2. The Morgan fingerprint density at radius 3 is 0.952 bits per heavy atom. The number of carbonyl (C=O) groups is 2. The van der Waals surface area contributed by atoms with Gasteiger partial charge in [-0.1, -0.05) is 0 Å². The van der Waals surface area contributed by atoms with Crippen molar-refractivity contribution in [2.75, 3.05) is 0 Å². The molecule has 17 heteroatoms. The van der Waals surface area contributed by atoms with E-state index in [0.29, 0.717) is 0 Å². The Labute approximate surface area is 149 Å². The summed E-state index contributed by atoms with van der Waals surface area (Å²) in [5, 5.41) is 25.2. The molecule has 0 aliphatic rings. The monoisotopic (exact) mass is 306 g/mol. The molecule has 106 valence electrons. The second-order valence-electron chi connectivity index (χ2n) is 1.96. The van der Waals surface area contributed by atoms with E-state index in [2.05, 4.69) is 9.47 Å². The largest absolute Gasteiger partial charge is 1.00 e. The van der Waals surface area contributed by atoms with Crippen molar-refractivity contribution in [3.05, 3.63) is 0 Å². The van der Waals surface area contributed by atoms with Crippen LogP contribution in [0.2, 0.25) is 0 Å². The van der Waals surface area contributed by atoms with E-state index in [-0.39, 0.29) is 56.6 Å². The molecule has 0 fully saturated rings. The van der Waals surface area contributed by atoms with Gasteiger partial charge in [0, 0.05) is 0 Å². The van der Waals surface area contributed by atoms with Gasteiger partial charge in [-0.05, 0) is 0 Å². The smallest absolute Gasteiger partial charge is 0.907 e. The minimum Gasteiger partial charge on any atom is -0.907 e. The van der Waals surface area contributed by atoms with Crippen LogP contribution in [0.3, 0.4) is 0 Å². The molecule has 21 heavy (non-hydrogen) atoms. The standard InChI is InChI=1S/C4F6O4.BO3.3Li/c5-3(6,7)13-1(11)2(12)14-4(8,9)10;2-1(3)4;;;/q;-3;3*+1. The van der Waals surface area contributed by atoms with E-state index in [1.165, 1.54) is 0 Å². The SMILES string of the molecule is O=C(OC(F)(F)F)C(=O)OC(F)(F)F.[Li+].[Li+].[Li+].[O-]B([O-])[O-]. The zero-order valence-electron chi connectivity index (χ0n) is 10.7. The van der Waals surface area contributed by atoms with Gasteiger partial charge in [-0.15, -0.1) is 26.3 Å². The second kappa shape index (κ2) is 13.9. The second-order valence-corrected chi connectivity index (χ2v) is 1.96. The third-order valence-electron chi connectivity index (χ3n) is 0.584. The van der Waals surface area contributed by atoms with Crippen LogP contribution in [0.1, 0.15) is 0 Å². The van der Waals surface area contributed by atoms with Crippen molar-refractivity contribution in [2.45, 2.75) is 12.7 Å². The summed E-state index contributed by atoms with van der Waals surface area (Å²) in [6, 6.07) is 0. The Balaban J connectivity index is -0.000000108. The minimum atomic E-state index is -5.54. The topological polar surface area (TPSA) is 122 Å². The average molecular weight is 306 g/mol. The molecule has 0 aromatic rings. The quantitative estimate of drug-likeness (QED) is 0.188. The predicted molar refractivity (Wildman–Crippen MR) is 30.0 cm³/mol. The van der Waals surface area contributed by atoms with Crippen LogP contribution in [-0.2, 0) is 19.1 Å². The van der Waals surface area contributed by atoms with Crippen LogP contribution in [0, 0.1) is 0 Å². The Kier molecular flexibility index (Phi) is 21.8. The van der Waals surface area contributed by atoms with E-state index in [9.17, 15) is 35.9 Å². The third-order valence-corrected chi connectivity index (χ3v) is 0.584. The van der Waals surface area contributed by atoms with Gasteiger partial charge in [-0.25, -0.2) is 9.59 Å². The van der Waals surface area contributed by atoms with Crippen molar-refractivity contribution in [3.63, 3.8) is 0 Å². The van der Waals surface area contributed by atoms with Crippen molar-refractivity contribution in [1.29, 1.82) is 0 Å². The summed E-state index contributed by atoms with van der Waals surface area (Å²) < 4.78 is 71.7. The maximum atomic E-state index is 11.2. The van der Waals surface area contributed by atoms with Crippen LogP contribution >= 0.6 is 0 Å². The molecule has 0 atom stereocenters. The maximum Gasteiger partial charge on any atom is 1.00 e. The molecule has 0 N–H and O–H groups in total. The van der Waals surface area contributed by atoms with Gasteiger partial charge in [-0.3, -0.25) is 7.32 Å². The van der Waals surface area contributed by atoms with E-state index in [0.717, 1.165) is 0 Å². The van der Waals surface area contributed by atoms with E-state index < -0.39 is 32.0 Å². The Bertz CT molecular complexity index is 268. The molecule has 0 aromatic heterocycles. The van der Waals surface area contributed by atoms with E-state index >= 15 is 0 Å². The Hall–Kier alpha value is 0.257. The summed E-state index contributed by atoms with van der Waals surface area (Å²) in [7, 11) is -2.92. The first-order valence-corrected chi connectivity index (χ1v) is 3.32. The maximum absolute atomic E-state index is 11.2. The molecule has 0 bridgehead atoms. The average Bonchev–Trinajstić information content (AvgIpc) is 1.95. The first-order chi connectivity index (χ1) is 7.74. The predicted octanol–water partition coefficient (Wildman–Crippen LogP) is -11.8. The zero-order valence-corrected chi connectivity index (χ0v) is 10.7. The fraction of sp³-hybridized carbons (Fsp3) is 0.500. The van der Waals surface area contributed by atoms with E-state index in [4.69, 9.17) is 15.1 Å². The fourth-order valence-corrected chi connectivity index (χ4v) is 0.294. The van der Waals surface area contributed by atoms with Gasteiger partial charge in [0.25, 0.3) is 0 Å². The van der Waals surface area contributed by atoms with Gasteiger partial charge in [0.05, 0.1) is 0 Å². The summed E-state index contributed by atoms with van der Waals surface area (Å²) in [4.78, 5) is 19.8. The zero-order chi connectivity index (χ0) is 15.1. The summed E-state index contributed by atoms with van der Waals surface area (Å²) in [6.45, 7) is 0. The molecule has 0 aliphatic heterocycles. The van der Waals surface area contributed by atoms with Gasteiger partial charge in [-0.2, -0.15) is 0 Å². The van der Waals surface area contributed by atoms with Crippen molar-refractivity contribution in [2.24, 2.45) is 0 Å². The number of rotatable bonds is 0. The summed E-state index contributed by atoms with van der Waals surface area (Å²) >= 11 is 0. The summed E-state index contributed by atoms with van der Waals surface area (Å²) in [5.74, 6) is -5.59. The summed E-state index contributed by atoms with van der Waals surface area (Å²) in [6.07, 6.45) is -11.1. The minimum absolute atomic E-state index is 0. The molecule has 0 heterocycles. The first-order valence-electron chi connectivity index (χ1n) is 3.32. The van der Waals surface area contributed by atoms with Crippen LogP contribution in [0.15, 0.2) is 0 Å². The van der Waals surface area contributed by atoms with Crippen LogP contribution in [0.25, 0.3) is 0 Å². The van der Waals surface area contributed by atoms with Gasteiger partial charge >= 0.3 is 81.2 Å². The Morgan fingerprint density at radius 1 is 0.714 bits per heavy atom. The number of esters is 2. The molecule has 7 nitrogen and oxygen atoms in total. The van der Waals surface area contributed by atoms with Crippen molar-refractivity contribution < 1.29 is 117 Å². The number of ether oxygens (including phenoxy) is 2. The number of carbonyl (C=O) groups excluding carboxylic acids is 2. The first kappa shape index (κ1) is 33.0. The molecule has 0 aromatic carbocycles. The number of halogens is 6. The molecule has 0 saturated heterocycles. The van der Waals surface area contributed by atoms with Gasteiger partial charge in [0.2, 0.25) is 0 Å². The number of hydrogen-bond acceptors (Lipinski definition) is 7. The van der Waals surface area contributed by atoms with E-state index in [1.54, 1.807) is 0 Å². The molecular weight excluding hydrogens is 306 g/mol. The fourth-order valence-electron chi connectivity index (χ4n) is 0.294. The van der Waals surface area contributed by atoms with Crippen LogP contribution in [-0.4, -0.2) is 32.0 Å². The molecule has 0 rings (SSSR count). The van der Waals surface area contributed by atoms with Crippen molar-refractivity contribution in [3.8, 4) is 0 Å². The van der Waals surface area contributed by atoms with Gasteiger partial charge in [0.1, 0.15) is 0 Å². The molecule has 0 radical (unpaired) electrons. The molecule has 0 saturated carbocycles. The molecule has 0 unspecified atom stereocenters. The van der Waals surface area contributed by atoms with Crippen LogP contribution < -0.4 is 71.7 Å². The number of hydrogen-bond donors (Lipinski definition) is 0. The van der Waals surface area contributed by atoms with Crippen molar-refractivity contribution >= 4 is 19.3 Å². The van der Waals surface area contributed by atoms with E-state index in [1.807, 2.05) is 0 Å². The van der Waals surface area contributed by atoms with Gasteiger partial charge in [0.15, 0.2) is 0 Å². The molecule has 0 amide bonds. The molecular formula is C4BF6Li3O7. The summed E-state index contributed by atoms with van der Waals surface area (Å²) in [5.41, 5.74) is 0. The van der Waals surface area contributed by atoms with Crippen molar-refractivity contribution in [1.82, 2.24) is 0 Å². The molecule has 0 aliphatic carbocycles. The normalized spacial score (nSPS) is 9.38. The van der Waals surface area contributed by atoms with Crippen LogP contribution in [0.4, 0.5) is 26.3 Å².